The number of aromatic nitrogens is 2. The fourth-order valence-corrected chi connectivity index (χ4v) is 4.87. The number of halogens is 1. The van der Waals surface area contributed by atoms with Crippen molar-refractivity contribution in [2.45, 2.75) is 12.0 Å². The highest BCUT2D eigenvalue weighted by molar-refractivity contribution is 5.87. The first-order chi connectivity index (χ1) is 18.1. The Kier molecular flexibility index (Phi) is 5.77. The highest BCUT2D eigenvalue weighted by atomic mass is 19.1. The van der Waals surface area contributed by atoms with E-state index in [-0.39, 0.29) is 11.7 Å². The maximum Gasteiger partial charge on any atom is 0.231 e. The Hall–Kier alpha value is -4.71. The number of hydrogen-bond donors (Lipinski definition) is 2. The molecule has 2 heterocycles. The Morgan fingerprint density at radius 2 is 1.59 bits per heavy atom. The van der Waals surface area contributed by atoms with Crippen molar-refractivity contribution in [3.63, 3.8) is 0 Å². The number of likely N-dealkylation sites (N-methyl/N-ethyl adjacent to an activating group) is 1. The van der Waals surface area contributed by atoms with Gasteiger partial charge >= 0.3 is 0 Å². The summed E-state index contributed by atoms with van der Waals surface area (Å²) in [4.78, 5) is 21.0. The van der Waals surface area contributed by atoms with Crippen molar-refractivity contribution in [3.05, 3.63) is 120 Å². The number of carbonyl (C=O) groups is 1. The quantitative estimate of drug-likeness (QED) is 0.296. The number of nitrogens with zero attached hydrogens (tertiary/aromatic N) is 1. The topological polar surface area (TPSA) is 67.0 Å². The third-order valence-corrected chi connectivity index (χ3v) is 6.76. The Morgan fingerprint density at radius 1 is 0.865 bits per heavy atom. The molecule has 0 radical (unpaired) electrons. The first kappa shape index (κ1) is 22.7. The maximum atomic E-state index is 13.5. The van der Waals surface area contributed by atoms with Gasteiger partial charge < -0.3 is 15.0 Å². The number of rotatable bonds is 5. The smallest absolute Gasteiger partial charge is 0.231 e. The minimum Gasteiger partial charge on any atom is -0.484 e. The van der Waals surface area contributed by atoms with Gasteiger partial charge in [0.25, 0.3) is 0 Å². The standard InChI is InChI=1S/C31H24FN3O2/c1-33-31(36)28-25-17-22(12-15-27(25)37-29(28)20-10-13-24(32)14-11-20)21-8-5-9-23(16-21)30-34-18-26(35-30)19-6-3-2-4-7-19/h2-18,28-29H,1H3,(H,33,36)(H,34,35). The van der Waals surface area contributed by atoms with Gasteiger partial charge in [0, 0.05) is 18.2 Å². The average Bonchev–Trinajstić information content (AvgIpc) is 3.59. The van der Waals surface area contributed by atoms with Gasteiger partial charge in [0.05, 0.1) is 11.9 Å². The number of fused-ring (bicyclic) bond motifs is 1. The van der Waals surface area contributed by atoms with Crippen molar-refractivity contribution >= 4 is 5.91 Å². The van der Waals surface area contributed by atoms with Crippen molar-refractivity contribution in [1.82, 2.24) is 15.3 Å². The van der Waals surface area contributed by atoms with Gasteiger partial charge in [-0.25, -0.2) is 9.37 Å². The summed E-state index contributed by atoms with van der Waals surface area (Å²) in [6, 6.07) is 30.2. The summed E-state index contributed by atoms with van der Waals surface area (Å²) in [6.07, 6.45) is 1.31. The summed E-state index contributed by atoms with van der Waals surface area (Å²) >= 11 is 0. The SMILES string of the molecule is CNC(=O)C1c2cc(-c3cccc(-c4ncc(-c5ccccc5)[nH]4)c3)ccc2OC1c1ccc(F)cc1. The molecular formula is C31H24FN3O2. The van der Waals surface area contributed by atoms with E-state index in [1.807, 2.05) is 72.9 Å². The molecule has 1 aromatic heterocycles. The Bertz CT molecular complexity index is 1580. The normalized spacial score (nSPS) is 16.2. The lowest BCUT2D eigenvalue weighted by Gasteiger charge is -2.18. The van der Waals surface area contributed by atoms with Crippen LogP contribution in [0, 0.1) is 5.82 Å². The van der Waals surface area contributed by atoms with E-state index in [9.17, 15) is 9.18 Å². The van der Waals surface area contributed by atoms with E-state index in [0.717, 1.165) is 44.9 Å². The van der Waals surface area contributed by atoms with Crippen LogP contribution in [0.15, 0.2) is 103 Å². The molecular weight excluding hydrogens is 465 g/mol. The van der Waals surface area contributed by atoms with Gasteiger partial charge in [-0.05, 0) is 52.6 Å². The van der Waals surface area contributed by atoms with Crippen LogP contribution in [0.2, 0.25) is 0 Å². The van der Waals surface area contributed by atoms with Crippen LogP contribution >= 0.6 is 0 Å². The van der Waals surface area contributed by atoms with E-state index >= 15 is 0 Å². The van der Waals surface area contributed by atoms with E-state index in [1.54, 1.807) is 19.2 Å². The number of ether oxygens (including phenoxy) is 1. The predicted molar refractivity (Wildman–Crippen MR) is 141 cm³/mol. The summed E-state index contributed by atoms with van der Waals surface area (Å²) in [5.41, 5.74) is 6.51. The lowest BCUT2D eigenvalue weighted by molar-refractivity contribution is -0.123. The number of aromatic amines is 1. The van der Waals surface area contributed by atoms with Gasteiger partial charge in [-0.15, -0.1) is 0 Å². The van der Waals surface area contributed by atoms with Gasteiger partial charge in [0.1, 0.15) is 29.4 Å². The molecule has 5 nitrogen and oxygen atoms in total. The number of carbonyl (C=O) groups excluding carboxylic acids is 1. The van der Waals surface area contributed by atoms with Crippen molar-refractivity contribution in [2.75, 3.05) is 7.05 Å². The molecule has 2 atom stereocenters. The second-order valence-corrected chi connectivity index (χ2v) is 9.03. The highest BCUT2D eigenvalue weighted by Gasteiger charge is 2.40. The monoisotopic (exact) mass is 489 g/mol. The summed E-state index contributed by atoms with van der Waals surface area (Å²) < 4.78 is 19.7. The third kappa shape index (κ3) is 4.27. The van der Waals surface area contributed by atoms with Gasteiger partial charge in [0.2, 0.25) is 5.91 Å². The summed E-state index contributed by atoms with van der Waals surface area (Å²) in [7, 11) is 1.61. The van der Waals surface area contributed by atoms with Crippen LogP contribution in [-0.4, -0.2) is 22.9 Å². The number of hydrogen-bond acceptors (Lipinski definition) is 3. The minimum absolute atomic E-state index is 0.150. The van der Waals surface area contributed by atoms with Crippen molar-refractivity contribution in [1.29, 1.82) is 0 Å². The molecule has 1 amide bonds. The van der Waals surface area contributed by atoms with Gasteiger partial charge in [-0.2, -0.15) is 0 Å². The lowest BCUT2D eigenvalue weighted by Crippen LogP contribution is -2.28. The molecule has 0 saturated heterocycles. The van der Waals surface area contributed by atoms with Gasteiger partial charge in [-0.1, -0.05) is 66.7 Å². The Balaban J connectivity index is 1.34. The van der Waals surface area contributed by atoms with Crippen LogP contribution in [0.25, 0.3) is 33.8 Å². The van der Waals surface area contributed by atoms with Crippen molar-refractivity contribution in [2.24, 2.45) is 0 Å². The molecule has 2 N–H and O–H groups in total. The third-order valence-electron chi connectivity index (χ3n) is 6.76. The van der Waals surface area contributed by atoms with Gasteiger partial charge in [-0.3, -0.25) is 4.79 Å². The highest BCUT2D eigenvalue weighted by Crippen LogP contribution is 2.47. The molecule has 1 aliphatic rings. The van der Waals surface area contributed by atoms with Crippen LogP contribution in [0.3, 0.4) is 0 Å². The second-order valence-electron chi connectivity index (χ2n) is 9.03. The zero-order chi connectivity index (χ0) is 25.4. The molecule has 37 heavy (non-hydrogen) atoms. The Labute approximate surface area is 214 Å². The van der Waals surface area contributed by atoms with E-state index in [1.165, 1.54) is 12.1 Å². The Morgan fingerprint density at radius 3 is 2.38 bits per heavy atom. The van der Waals surface area contributed by atoms with Crippen LogP contribution in [0.1, 0.15) is 23.1 Å². The first-order valence-corrected chi connectivity index (χ1v) is 12.1. The summed E-state index contributed by atoms with van der Waals surface area (Å²) in [6.45, 7) is 0. The average molecular weight is 490 g/mol. The largest absolute Gasteiger partial charge is 0.484 e. The lowest BCUT2D eigenvalue weighted by atomic mass is 9.88. The molecule has 0 bridgehead atoms. The zero-order valence-electron chi connectivity index (χ0n) is 20.1. The molecule has 5 aromatic rings. The summed E-state index contributed by atoms with van der Waals surface area (Å²) in [5, 5.41) is 2.76. The number of benzene rings is 4. The van der Waals surface area contributed by atoms with E-state index in [0.29, 0.717) is 5.75 Å². The molecule has 1 aliphatic heterocycles. The molecule has 0 fully saturated rings. The van der Waals surface area contributed by atoms with E-state index in [2.05, 4.69) is 21.4 Å². The maximum absolute atomic E-state index is 13.5. The zero-order valence-corrected chi connectivity index (χ0v) is 20.1. The fraction of sp³-hybridized carbons (Fsp3) is 0.0968. The molecule has 0 saturated carbocycles. The number of nitrogens with one attached hydrogen (secondary N) is 2. The van der Waals surface area contributed by atoms with Crippen molar-refractivity contribution < 1.29 is 13.9 Å². The van der Waals surface area contributed by atoms with Crippen LogP contribution in [-0.2, 0) is 4.79 Å². The number of amides is 1. The minimum atomic E-state index is -0.549. The van der Waals surface area contributed by atoms with Crippen LogP contribution in [0.5, 0.6) is 5.75 Å². The molecule has 0 spiro atoms. The molecule has 2 unspecified atom stereocenters. The molecule has 4 aromatic carbocycles. The van der Waals surface area contributed by atoms with E-state index in [4.69, 9.17) is 4.74 Å². The van der Waals surface area contributed by atoms with Crippen LogP contribution < -0.4 is 10.1 Å². The predicted octanol–water partition coefficient (Wildman–Crippen LogP) is 6.51. The van der Waals surface area contributed by atoms with Gasteiger partial charge in [0.15, 0.2) is 0 Å². The number of imidazole rings is 1. The molecule has 182 valence electrons. The molecule has 6 heteroatoms. The first-order valence-electron chi connectivity index (χ1n) is 12.1. The molecule has 6 rings (SSSR count). The van der Waals surface area contributed by atoms with Crippen LogP contribution in [0.4, 0.5) is 4.39 Å². The number of H-pyrrole nitrogens is 1. The second kappa shape index (κ2) is 9.39. The fourth-order valence-electron chi connectivity index (χ4n) is 4.87. The molecule has 0 aliphatic carbocycles. The summed E-state index contributed by atoms with van der Waals surface area (Å²) in [5.74, 6) is 0.409. The van der Waals surface area contributed by atoms with E-state index < -0.39 is 12.0 Å². The van der Waals surface area contributed by atoms with Crippen molar-refractivity contribution in [3.8, 4) is 39.5 Å².